The van der Waals surface area contributed by atoms with Crippen LogP contribution in [-0.2, 0) is 6.61 Å². The summed E-state index contributed by atoms with van der Waals surface area (Å²) in [6.45, 7) is 2.42. The van der Waals surface area contributed by atoms with Crippen molar-refractivity contribution in [3.05, 3.63) is 114 Å². The van der Waals surface area contributed by atoms with Crippen molar-refractivity contribution in [2.45, 2.75) is 12.6 Å². The number of benzene rings is 2. The summed E-state index contributed by atoms with van der Waals surface area (Å²) in [6.07, 6.45) is 3.30. The highest BCUT2D eigenvalue weighted by Crippen LogP contribution is 2.24. The van der Waals surface area contributed by atoms with E-state index in [-0.39, 0.29) is 18.4 Å². The fourth-order valence-electron chi connectivity index (χ4n) is 4.31. The number of piperazine rings is 1. The number of rotatable bonds is 6. The summed E-state index contributed by atoms with van der Waals surface area (Å²) in [7, 11) is 0. The Labute approximate surface area is 198 Å². The number of pyridine rings is 2. The van der Waals surface area contributed by atoms with E-state index in [0.717, 1.165) is 42.1 Å². The van der Waals surface area contributed by atoms with Gasteiger partial charge in [-0.2, -0.15) is 0 Å². The number of carbonyl (C=O) groups excluding carboxylic acids is 1. The first-order valence-corrected chi connectivity index (χ1v) is 11.4. The van der Waals surface area contributed by atoms with E-state index in [0.29, 0.717) is 11.3 Å². The minimum atomic E-state index is -0.163. The molecule has 1 aliphatic rings. The van der Waals surface area contributed by atoms with Gasteiger partial charge in [-0.15, -0.1) is 0 Å². The lowest BCUT2D eigenvalue weighted by Crippen LogP contribution is -2.46. The number of aliphatic hydroxyl groups is 1. The van der Waals surface area contributed by atoms with E-state index in [9.17, 15) is 9.90 Å². The SMILES string of the molecule is O=C(c1cncc(-c2cccc(CO)c2)c1)c1cccc(N2CCNC(c3ccccc3)C2)n1. The first kappa shape index (κ1) is 21.9. The summed E-state index contributed by atoms with van der Waals surface area (Å²) in [5, 5.41) is 13.0. The lowest BCUT2D eigenvalue weighted by atomic mass is 10.0. The molecule has 5 rings (SSSR count). The summed E-state index contributed by atoms with van der Waals surface area (Å²) in [5.74, 6) is 0.636. The summed E-state index contributed by atoms with van der Waals surface area (Å²) in [4.78, 5) is 24.5. The van der Waals surface area contributed by atoms with Gasteiger partial charge in [0.15, 0.2) is 0 Å². The molecule has 1 fully saturated rings. The third-order valence-electron chi connectivity index (χ3n) is 6.11. The van der Waals surface area contributed by atoms with E-state index in [1.165, 1.54) is 5.56 Å². The second-order valence-electron chi connectivity index (χ2n) is 8.39. The minimum absolute atomic E-state index is 0.0340. The number of ketones is 1. The van der Waals surface area contributed by atoms with Crippen LogP contribution in [0.25, 0.3) is 11.1 Å². The monoisotopic (exact) mass is 450 g/mol. The first-order chi connectivity index (χ1) is 16.7. The molecule has 0 amide bonds. The maximum atomic E-state index is 13.3. The Hall–Kier alpha value is -3.87. The fraction of sp³-hybridized carbons (Fsp3) is 0.179. The van der Waals surface area contributed by atoms with Crippen LogP contribution in [0.4, 0.5) is 5.82 Å². The van der Waals surface area contributed by atoms with Gasteiger partial charge in [0.05, 0.1) is 6.61 Å². The Morgan fingerprint density at radius 3 is 2.68 bits per heavy atom. The molecule has 0 saturated carbocycles. The van der Waals surface area contributed by atoms with Gasteiger partial charge in [0.2, 0.25) is 5.78 Å². The van der Waals surface area contributed by atoms with Crippen LogP contribution in [0.5, 0.6) is 0 Å². The van der Waals surface area contributed by atoms with E-state index in [1.807, 2.05) is 48.5 Å². The zero-order chi connectivity index (χ0) is 23.3. The molecule has 170 valence electrons. The van der Waals surface area contributed by atoms with Gasteiger partial charge in [-0.1, -0.05) is 54.6 Å². The molecule has 34 heavy (non-hydrogen) atoms. The number of anilines is 1. The third-order valence-corrected chi connectivity index (χ3v) is 6.11. The molecule has 1 atom stereocenters. The van der Waals surface area contributed by atoms with Gasteiger partial charge in [-0.3, -0.25) is 9.78 Å². The van der Waals surface area contributed by atoms with E-state index in [4.69, 9.17) is 4.98 Å². The first-order valence-electron chi connectivity index (χ1n) is 11.4. The Balaban J connectivity index is 1.38. The molecular weight excluding hydrogens is 424 g/mol. The molecule has 2 N–H and O–H groups in total. The Bertz CT molecular complexity index is 1290. The van der Waals surface area contributed by atoms with Crippen LogP contribution in [0.3, 0.4) is 0 Å². The van der Waals surface area contributed by atoms with Crippen LogP contribution >= 0.6 is 0 Å². The van der Waals surface area contributed by atoms with Gasteiger partial charge in [0.25, 0.3) is 0 Å². The van der Waals surface area contributed by atoms with Gasteiger partial charge in [-0.25, -0.2) is 4.98 Å². The molecule has 6 heteroatoms. The van der Waals surface area contributed by atoms with Crippen molar-refractivity contribution in [2.24, 2.45) is 0 Å². The standard InChI is InChI=1S/C28H26N4O2/c33-19-20-6-4-9-22(14-20)23-15-24(17-29-16-23)28(34)25-10-5-11-27(31-25)32-13-12-30-26(18-32)21-7-2-1-3-8-21/h1-11,14-17,26,30,33H,12-13,18-19H2. The average molecular weight is 451 g/mol. The number of hydrogen-bond donors (Lipinski definition) is 2. The van der Waals surface area contributed by atoms with Gasteiger partial charge < -0.3 is 15.3 Å². The summed E-state index contributed by atoms with van der Waals surface area (Å²) in [6, 6.07) is 25.6. The van der Waals surface area contributed by atoms with Crippen LogP contribution in [0.1, 0.15) is 33.2 Å². The average Bonchev–Trinajstić information content (AvgIpc) is 2.93. The molecule has 3 heterocycles. The minimum Gasteiger partial charge on any atom is -0.392 e. The maximum Gasteiger partial charge on any atom is 0.212 e. The number of nitrogens with one attached hydrogen (secondary N) is 1. The number of carbonyl (C=O) groups is 1. The van der Waals surface area contributed by atoms with Crippen LogP contribution < -0.4 is 10.2 Å². The van der Waals surface area contributed by atoms with E-state index in [2.05, 4.69) is 39.5 Å². The van der Waals surface area contributed by atoms with Gasteiger partial charge >= 0.3 is 0 Å². The second-order valence-corrected chi connectivity index (χ2v) is 8.39. The molecule has 4 aromatic rings. The van der Waals surface area contributed by atoms with E-state index < -0.39 is 0 Å². The normalized spacial score (nSPS) is 15.8. The highest BCUT2D eigenvalue weighted by Gasteiger charge is 2.22. The molecule has 1 aliphatic heterocycles. The number of aromatic nitrogens is 2. The zero-order valence-corrected chi connectivity index (χ0v) is 18.8. The predicted molar refractivity (Wildman–Crippen MR) is 133 cm³/mol. The van der Waals surface area contributed by atoms with Crippen molar-refractivity contribution in [3.63, 3.8) is 0 Å². The van der Waals surface area contributed by atoms with Gasteiger partial charge in [-0.05, 0) is 41.0 Å². The van der Waals surface area contributed by atoms with Crippen molar-refractivity contribution in [1.29, 1.82) is 0 Å². The topological polar surface area (TPSA) is 78.3 Å². The van der Waals surface area contributed by atoms with Crippen molar-refractivity contribution in [3.8, 4) is 11.1 Å². The Morgan fingerprint density at radius 1 is 0.971 bits per heavy atom. The van der Waals surface area contributed by atoms with Crippen molar-refractivity contribution in [1.82, 2.24) is 15.3 Å². The molecule has 1 saturated heterocycles. The number of nitrogens with zero attached hydrogens (tertiary/aromatic N) is 3. The summed E-state index contributed by atoms with van der Waals surface area (Å²) >= 11 is 0. The molecule has 0 spiro atoms. The number of hydrogen-bond acceptors (Lipinski definition) is 6. The molecule has 0 bridgehead atoms. The number of aliphatic hydroxyl groups excluding tert-OH is 1. The molecule has 6 nitrogen and oxygen atoms in total. The van der Waals surface area contributed by atoms with E-state index >= 15 is 0 Å². The van der Waals surface area contributed by atoms with Crippen molar-refractivity contribution < 1.29 is 9.90 Å². The van der Waals surface area contributed by atoms with Crippen LogP contribution in [0.2, 0.25) is 0 Å². The van der Waals surface area contributed by atoms with Crippen LogP contribution in [0, 0.1) is 0 Å². The lowest BCUT2D eigenvalue weighted by Gasteiger charge is -2.35. The fourth-order valence-corrected chi connectivity index (χ4v) is 4.31. The molecule has 0 aliphatic carbocycles. The lowest BCUT2D eigenvalue weighted by molar-refractivity contribution is 0.103. The molecule has 2 aromatic heterocycles. The van der Waals surface area contributed by atoms with Crippen molar-refractivity contribution in [2.75, 3.05) is 24.5 Å². The van der Waals surface area contributed by atoms with Gasteiger partial charge in [0.1, 0.15) is 11.5 Å². The largest absolute Gasteiger partial charge is 0.392 e. The third kappa shape index (κ3) is 4.73. The zero-order valence-electron chi connectivity index (χ0n) is 18.8. The highest BCUT2D eigenvalue weighted by molar-refractivity contribution is 6.08. The Kier molecular flexibility index (Phi) is 6.42. The maximum absolute atomic E-state index is 13.3. The van der Waals surface area contributed by atoms with Crippen LogP contribution in [-0.4, -0.2) is 40.5 Å². The smallest absolute Gasteiger partial charge is 0.212 e. The molecule has 1 unspecified atom stereocenters. The molecule has 0 radical (unpaired) electrons. The molecular formula is C28H26N4O2. The summed E-state index contributed by atoms with van der Waals surface area (Å²) < 4.78 is 0. The second kappa shape index (κ2) is 9.95. The van der Waals surface area contributed by atoms with Crippen LogP contribution in [0.15, 0.2) is 91.3 Å². The quantitative estimate of drug-likeness (QED) is 0.432. The van der Waals surface area contributed by atoms with Gasteiger partial charge in [0, 0.05) is 49.2 Å². The van der Waals surface area contributed by atoms with E-state index in [1.54, 1.807) is 18.5 Å². The Morgan fingerprint density at radius 2 is 1.82 bits per heavy atom. The highest BCUT2D eigenvalue weighted by atomic mass is 16.3. The predicted octanol–water partition coefficient (Wildman–Crippen LogP) is 4.02. The molecule has 2 aromatic carbocycles. The van der Waals surface area contributed by atoms with Crippen molar-refractivity contribution >= 4 is 11.6 Å². The summed E-state index contributed by atoms with van der Waals surface area (Å²) in [5.41, 5.74) is 4.67.